The van der Waals surface area contributed by atoms with Crippen LogP contribution in [-0.4, -0.2) is 22.8 Å². The zero-order chi connectivity index (χ0) is 28.1. The molecule has 41 heavy (non-hydrogen) atoms. The normalized spacial score (nSPS) is 16.0. The Morgan fingerprint density at radius 3 is 2.56 bits per heavy atom. The van der Waals surface area contributed by atoms with Gasteiger partial charge in [-0.05, 0) is 65.9 Å². The number of carboxylic acids is 1. The highest BCUT2D eigenvalue weighted by Crippen LogP contribution is 2.41. The fraction of sp³-hybridized carbons (Fsp3) is 0.121. The lowest BCUT2D eigenvalue weighted by molar-refractivity contribution is 0.0697. The van der Waals surface area contributed by atoms with Crippen molar-refractivity contribution in [2.75, 3.05) is 7.11 Å². The molecule has 0 amide bonds. The van der Waals surface area contributed by atoms with Crippen molar-refractivity contribution >= 4 is 29.1 Å². The van der Waals surface area contributed by atoms with Gasteiger partial charge in [-0.15, -0.1) is 0 Å². The van der Waals surface area contributed by atoms with E-state index >= 15 is 0 Å². The molecule has 1 unspecified atom stereocenters. The van der Waals surface area contributed by atoms with E-state index in [0.29, 0.717) is 20.9 Å². The van der Waals surface area contributed by atoms with Gasteiger partial charge in [-0.2, -0.15) is 0 Å². The van der Waals surface area contributed by atoms with E-state index < -0.39 is 5.97 Å². The van der Waals surface area contributed by atoms with Crippen molar-refractivity contribution in [3.05, 3.63) is 138 Å². The second kappa shape index (κ2) is 9.91. The van der Waals surface area contributed by atoms with E-state index in [0.717, 1.165) is 46.6 Å². The number of nitrogens with zero attached hydrogens (tertiary/aromatic N) is 2. The molecule has 0 radical (unpaired) electrons. The Labute approximate surface area is 238 Å². The van der Waals surface area contributed by atoms with Crippen LogP contribution in [-0.2, 0) is 6.42 Å². The third-order valence-corrected chi connectivity index (χ3v) is 8.60. The molecule has 2 aliphatic rings. The SMILES string of the molecule is COc1ccc(C2C3=C(N=c4s/c(=C/c5ccc(-c6ccc(C(=O)O)cc6)o5)c(=O)n42)c2ccccc2CC3)cc1. The lowest BCUT2D eigenvalue weighted by Gasteiger charge is -2.30. The van der Waals surface area contributed by atoms with Gasteiger partial charge in [0.1, 0.15) is 17.3 Å². The fourth-order valence-corrected chi connectivity index (χ4v) is 6.58. The number of hydrogen-bond acceptors (Lipinski definition) is 6. The Hall–Kier alpha value is -4.95. The van der Waals surface area contributed by atoms with Crippen molar-refractivity contribution in [2.45, 2.75) is 18.9 Å². The molecule has 0 fully saturated rings. The number of thiazole rings is 1. The van der Waals surface area contributed by atoms with Gasteiger partial charge in [-0.25, -0.2) is 9.79 Å². The highest BCUT2D eigenvalue weighted by atomic mass is 32.1. The first-order chi connectivity index (χ1) is 20.0. The summed E-state index contributed by atoms with van der Waals surface area (Å²) in [5, 5.41) is 9.17. The summed E-state index contributed by atoms with van der Waals surface area (Å²) >= 11 is 1.35. The van der Waals surface area contributed by atoms with Crippen LogP contribution < -0.4 is 19.6 Å². The second-order valence-electron chi connectivity index (χ2n) is 9.97. The van der Waals surface area contributed by atoms with Gasteiger partial charge in [-0.1, -0.05) is 59.9 Å². The molecular formula is C33H24N2O5S. The van der Waals surface area contributed by atoms with Gasteiger partial charge in [0.25, 0.3) is 5.56 Å². The number of furan rings is 1. The highest BCUT2D eigenvalue weighted by molar-refractivity contribution is 7.07. The maximum Gasteiger partial charge on any atom is 0.335 e. The van der Waals surface area contributed by atoms with Crippen LogP contribution in [0.3, 0.4) is 0 Å². The van der Waals surface area contributed by atoms with Gasteiger partial charge in [0.15, 0.2) is 4.80 Å². The minimum Gasteiger partial charge on any atom is -0.497 e. The van der Waals surface area contributed by atoms with E-state index in [2.05, 4.69) is 18.2 Å². The molecule has 1 atom stereocenters. The van der Waals surface area contributed by atoms with Gasteiger partial charge in [0.05, 0.1) is 28.9 Å². The molecule has 7 rings (SSSR count). The molecule has 3 aromatic carbocycles. The third-order valence-electron chi connectivity index (χ3n) is 7.62. The van der Waals surface area contributed by atoms with E-state index in [1.54, 1.807) is 36.0 Å². The zero-order valence-corrected chi connectivity index (χ0v) is 22.9. The minimum absolute atomic E-state index is 0.122. The lowest BCUT2D eigenvalue weighted by atomic mass is 9.83. The quantitative estimate of drug-likeness (QED) is 0.316. The van der Waals surface area contributed by atoms with Crippen molar-refractivity contribution in [1.82, 2.24) is 4.57 Å². The molecule has 0 spiro atoms. The average molecular weight is 561 g/mol. The monoisotopic (exact) mass is 560 g/mol. The van der Waals surface area contributed by atoms with Crippen molar-refractivity contribution < 1.29 is 19.1 Å². The maximum absolute atomic E-state index is 14.0. The summed E-state index contributed by atoms with van der Waals surface area (Å²) in [6.45, 7) is 0. The topological polar surface area (TPSA) is 94.0 Å². The predicted octanol–water partition coefficient (Wildman–Crippen LogP) is 5.29. The predicted molar refractivity (Wildman–Crippen MR) is 157 cm³/mol. The number of rotatable bonds is 5. The molecule has 1 N–H and O–H groups in total. The summed E-state index contributed by atoms with van der Waals surface area (Å²) in [5.41, 5.74) is 6.31. The van der Waals surface area contributed by atoms with Crippen LogP contribution in [0.2, 0.25) is 0 Å². The molecule has 202 valence electrons. The number of methoxy groups -OCH3 is 1. The molecule has 5 aromatic rings. The first kappa shape index (κ1) is 25.0. The Bertz CT molecular complexity index is 2030. The number of hydrogen-bond donors (Lipinski definition) is 1. The number of allylic oxidation sites excluding steroid dienone is 1. The third kappa shape index (κ3) is 4.33. The maximum atomic E-state index is 14.0. The molecular weight excluding hydrogens is 536 g/mol. The van der Waals surface area contributed by atoms with Crippen molar-refractivity contribution in [3.63, 3.8) is 0 Å². The molecule has 8 heteroatoms. The number of carboxylic acid groups (broad SMARTS) is 1. The van der Waals surface area contributed by atoms with Gasteiger partial charge in [0.2, 0.25) is 0 Å². The minimum atomic E-state index is -0.981. The number of aryl methyl sites for hydroxylation is 1. The number of aromatic carboxylic acids is 1. The Morgan fingerprint density at radius 1 is 1.02 bits per heavy atom. The van der Waals surface area contributed by atoms with Crippen molar-refractivity contribution in [1.29, 1.82) is 0 Å². The molecule has 1 aliphatic heterocycles. The van der Waals surface area contributed by atoms with Crippen LogP contribution in [0.1, 0.15) is 45.3 Å². The van der Waals surface area contributed by atoms with Crippen LogP contribution in [0.25, 0.3) is 23.1 Å². The lowest BCUT2D eigenvalue weighted by Crippen LogP contribution is -2.38. The van der Waals surface area contributed by atoms with Gasteiger partial charge in [0, 0.05) is 17.2 Å². The van der Waals surface area contributed by atoms with E-state index in [9.17, 15) is 9.59 Å². The summed E-state index contributed by atoms with van der Waals surface area (Å²) in [7, 11) is 1.64. The van der Waals surface area contributed by atoms with Gasteiger partial charge in [-0.3, -0.25) is 9.36 Å². The number of carbonyl (C=O) groups is 1. The highest BCUT2D eigenvalue weighted by Gasteiger charge is 2.32. The van der Waals surface area contributed by atoms with Crippen LogP contribution >= 0.6 is 11.3 Å². The second-order valence-corrected chi connectivity index (χ2v) is 11.0. The summed E-state index contributed by atoms with van der Waals surface area (Å²) in [4.78, 5) is 30.8. The summed E-state index contributed by atoms with van der Waals surface area (Å²) in [6.07, 6.45) is 3.46. The Balaban J connectivity index is 1.35. The number of aromatic nitrogens is 1. The van der Waals surface area contributed by atoms with Crippen LogP contribution in [0.15, 0.2) is 105 Å². The number of fused-ring (bicyclic) bond motifs is 3. The molecule has 0 saturated heterocycles. The standard InChI is InChI=1S/C33H24N2O5S/c1-39-23-13-10-21(11-14-23)30-26-16-12-19-4-2-3-5-25(19)29(26)34-33-35(30)31(36)28(41-33)18-24-15-17-27(40-24)20-6-8-22(9-7-20)32(37)38/h2-11,13-15,17-18,30H,12,16H2,1H3,(H,37,38)/b28-18+. The molecule has 7 nitrogen and oxygen atoms in total. The summed E-state index contributed by atoms with van der Waals surface area (Å²) in [5.74, 6) is 0.896. The Kier molecular flexibility index (Phi) is 6.05. The fourth-order valence-electron chi connectivity index (χ4n) is 5.60. The van der Waals surface area contributed by atoms with E-state index in [1.807, 2.05) is 36.4 Å². The molecule has 0 saturated carbocycles. The first-order valence-corrected chi connectivity index (χ1v) is 14.0. The van der Waals surface area contributed by atoms with Crippen LogP contribution in [0.4, 0.5) is 0 Å². The summed E-state index contributed by atoms with van der Waals surface area (Å²) in [6, 6.07) is 26.1. The van der Waals surface area contributed by atoms with E-state index in [1.165, 1.54) is 29.0 Å². The van der Waals surface area contributed by atoms with Crippen LogP contribution in [0, 0.1) is 0 Å². The number of ether oxygens (including phenoxy) is 1. The van der Waals surface area contributed by atoms with Crippen LogP contribution in [0.5, 0.6) is 5.75 Å². The molecule has 0 bridgehead atoms. The number of benzene rings is 3. The molecule has 2 aromatic heterocycles. The van der Waals surface area contributed by atoms with Gasteiger partial charge >= 0.3 is 5.97 Å². The molecule has 1 aliphatic carbocycles. The van der Waals surface area contributed by atoms with Crippen molar-refractivity contribution in [2.24, 2.45) is 4.99 Å². The largest absolute Gasteiger partial charge is 0.497 e. The first-order valence-electron chi connectivity index (χ1n) is 13.2. The smallest absolute Gasteiger partial charge is 0.335 e. The van der Waals surface area contributed by atoms with E-state index in [-0.39, 0.29) is 17.2 Å². The Morgan fingerprint density at radius 2 is 1.80 bits per heavy atom. The molecule has 3 heterocycles. The summed E-state index contributed by atoms with van der Waals surface area (Å²) < 4.78 is 13.8. The zero-order valence-electron chi connectivity index (χ0n) is 22.0. The van der Waals surface area contributed by atoms with Gasteiger partial charge < -0.3 is 14.3 Å². The van der Waals surface area contributed by atoms with E-state index in [4.69, 9.17) is 19.3 Å². The average Bonchev–Trinajstić information content (AvgIpc) is 3.60. The van der Waals surface area contributed by atoms with Crippen molar-refractivity contribution in [3.8, 4) is 17.1 Å².